The summed E-state index contributed by atoms with van der Waals surface area (Å²) in [5.41, 5.74) is 4.27. The van der Waals surface area contributed by atoms with Crippen LogP contribution in [0, 0.1) is 5.41 Å². The predicted octanol–water partition coefficient (Wildman–Crippen LogP) is 3.78. The fourth-order valence-corrected chi connectivity index (χ4v) is 5.86. The van der Waals surface area contributed by atoms with Crippen LogP contribution in [0.5, 0.6) is 5.88 Å². The zero-order valence-electron chi connectivity index (χ0n) is 20.2. The van der Waals surface area contributed by atoms with Crippen molar-refractivity contribution in [2.45, 2.75) is 69.1 Å². The van der Waals surface area contributed by atoms with E-state index in [-0.39, 0.29) is 28.7 Å². The maximum atomic E-state index is 13.9. The number of hydrogen-bond donors (Lipinski definition) is 3. The lowest BCUT2D eigenvalue weighted by Gasteiger charge is -2.47. The molecular formula is C23H30F3N5O4S. The predicted molar refractivity (Wildman–Crippen MR) is 127 cm³/mol. The van der Waals surface area contributed by atoms with Gasteiger partial charge in [0.1, 0.15) is 10.7 Å². The number of amides is 1. The largest absolute Gasteiger partial charge is 0.481 e. The van der Waals surface area contributed by atoms with E-state index >= 15 is 0 Å². The van der Waals surface area contributed by atoms with Gasteiger partial charge < -0.3 is 15.8 Å². The van der Waals surface area contributed by atoms with E-state index in [4.69, 9.17) is 10.5 Å². The van der Waals surface area contributed by atoms with Crippen molar-refractivity contribution < 1.29 is 31.1 Å². The molecular weight excluding hydrogens is 499 g/mol. The molecule has 0 aliphatic heterocycles. The van der Waals surface area contributed by atoms with E-state index in [1.807, 2.05) is 0 Å². The van der Waals surface area contributed by atoms with E-state index in [2.05, 4.69) is 33.9 Å². The van der Waals surface area contributed by atoms with Crippen LogP contribution in [0.2, 0.25) is 0 Å². The molecule has 3 rings (SSSR count). The molecule has 1 unspecified atom stereocenters. The van der Waals surface area contributed by atoms with Crippen LogP contribution in [0.1, 0.15) is 63.1 Å². The Morgan fingerprint density at radius 3 is 2.39 bits per heavy atom. The number of pyridine rings is 2. The molecule has 36 heavy (non-hydrogen) atoms. The number of primary amides is 1. The molecule has 1 fully saturated rings. The summed E-state index contributed by atoms with van der Waals surface area (Å²) in [6.45, 7) is 4.17. The maximum Gasteiger partial charge on any atom is 0.417 e. The number of alkyl halides is 3. The number of nitrogens with two attached hydrogens (primary N) is 1. The van der Waals surface area contributed by atoms with Crippen LogP contribution in [-0.4, -0.2) is 37.4 Å². The summed E-state index contributed by atoms with van der Waals surface area (Å²) >= 11 is 0. The van der Waals surface area contributed by atoms with Gasteiger partial charge in [0.05, 0.1) is 18.7 Å². The number of halogens is 3. The van der Waals surface area contributed by atoms with Crippen LogP contribution in [0.25, 0.3) is 0 Å². The summed E-state index contributed by atoms with van der Waals surface area (Å²) in [4.78, 5) is 18.4. The molecule has 198 valence electrons. The number of nitrogens with zero attached hydrogens (tertiary/aromatic N) is 2. The fraction of sp³-hybridized carbons (Fsp3) is 0.522. The Morgan fingerprint density at radius 1 is 1.22 bits per heavy atom. The van der Waals surface area contributed by atoms with Crippen LogP contribution >= 0.6 is 0 Å². The highest BCUT2D eigenvalue weighted by Gasteiger charge is 2.42. The Balaban J connectivity index is 1.89. The quantitative estimate of drug-likeness (QED) is 0.403. The van der Waals surface area contributed by atoms with E-state index in [9.17, 15) is 26.4 Å². The summed E-state index contributed by atoms with van der Waals surface area (Å²) in [5.74, 6) is -0.684. The van der Waals surface area contributed by atoms with Crippen molar-refractivity contribution in [1.82, 2.24) is 14.7 Å². The summed E-state index contributed by atoms with van der Waals surface area (Å²) in [6, 6.07) is 2.26. The first-order chi connectivity index (χ1) is 16.8. The molecule has 1 aliphatic rings. The number of hydrogen-bond acceptors (Lipinski definition) is 7. The Labute approximate surface area is 208 Å². The monoisotopic (exact) mass is 529 g/mol. The van der Waals surface area contributed by atoms with Crippen molar-refractivity contribution in [3.63, 3.8) is 0 Å². The average Bonchev–Trinajstić information content (AvgIpc) is 2.79. The highest BCUT2D eigenvalue weighted by atomic mass is 32.2. The molecule has 2 aromatic rings. The fourth-order valence-electron chi connectivity index (χ4n) is 4.48. The standard InChI is InChI=1S/C23H30F3N5O4S/c1-4-22(5-2)10-15(11-22)30-20-8-16(23(24,25)26)18(13-28-20)36(33,34)31-17(9-19(27)32)14-6-7-21(35-3)29-12-14/h6-8,12-13,15,17,31H,4-5,9-11H2,1-3H3,(H2,27,32)(H,28,30). The average molecular weight is 530 g/mol. The summed E-state index contributed by atoms with van der Waals surface area (Å²) < 4.78 is 75.1. The second-order valence-electron chi connectivity index (χ2n) is 9.00. The zero-order valence-corrected chi connectivity index (χ0v) is 21.0. The second-order valence-corrected chi connectivity index (χ2v) is 10.7. The van der Waals surface area contributed by atoms with Crippen molar-refractivity contribution in [1.29, 1.82) is 0 Å². The summed E-state index contributed by atoms with van der Waals surface area (Å²) in [5, 5.41) is 2.99. The Bertz CT molecular complexity index is 1180. The molecule has 4 N–H and O–H groups in total. The number of carbonyl (C=O) groups excluding carboxylic acids is 1. The molecule has 0 bridgehead atoms. The number of anilines is 1. The molecule has 0 radical (unpaired) electrons. The number of methoxy groups -OCH3 is 1. The first kappa shape index (κ1) is 27.7. The number of sulfonamides is 1. The van der Waals surface area contributed by atoms with Crippen LogP contribution in [0.3, 0.4) is 0 Å². The number of carbonyl (C=O) groups is 1. The van der Waals surface area contributed by atoms with Gasteiger partial charge in [-0.15, -0.1) is 0 Å². The van der Waals surface area contributed by atoms with Gasteiger partial charge in [-0.3, -0.25) is 4.79 Å². The van der Waals surface area contributed by atoms with Gasteiger partial charge in [0, 0.05) is 30.9 Å². The molecule has 2 heterocycles. The molecule has 1 aliphatic carbocycles. The van der Waals surface area contributed by atoms with Gasteiger partial charge in [0.2, 0.25) is 21.8 Å². The Morgan fingerprint density at radius 2 is 1.89 bits per heavy atom. The lowest BCUT2D eigenvalue weighted by Crippen LogP contribution is -2.44. The van der Waals surface area contributed by atoms with Crippen molar-refractivity contribution in [3.05, 3.63) is 41.7 Å². The van der Waals surface area contributed by atoms with Crippen molar-refractivity contribution in [3.8, 4) is 5.88 Å². The summed E-state index contributed by atoms with van der Waals surface area (Å²) in [6.07, 6.45) is -0.00217. The van der Waals surface area contributed by atoms with E-state index in [0.717, 1.165) is 25.7 Å². The van der Waals surface area contributed by atoms with E-state index < -0.39 is 45.0 Å². The van der Waals surface area contributed by atoms with Crippen LogP contribution in [0.4, 0.5) is 19.0 Å². The first-order valence-electron chi connectivity index (χ1n) is 11.5. The van der Waals surface area contributed by atoms with Crippen molar-refractivity contribution >= 4 is 21.7 Å². The normalized spacial score (nSPS) is 16.7. The minimum atomic E-state index is -4.97. The third-order valence-electron chi connectivity index (χ3n) is 6.75. The first-order valence-corrected chi connectivity index (χ1v) is 12.9. The second kappa shape index (κ2) is 10.6. The van der Waals surface area contributed by atoms with E-state index in [0.29, 0.717) is 12.3 Å². The molecule has 0 aromatic carbocycles. The molecule has 0 spiro atoms. The number of rotatable bonds is 11. The van der Waals surface area contributed by atoms with Gasteiger partial charge in [-0.05, 0) is 29.9 Å². The molecule has 1 atom stereocenters. The van der Waals surface area contributed by atoms with Gasteiger partial charge in [0.15, 0.2) is 0 Å². The lowest BCUT2D eigenvalue weighted by molar-refractivity contribution is -0.140. The molecule has 1 saturated carbocycles. The smallest absolute Gasteiger partial charge is 0.417 e. The maximum absolute atomic E-state index is 13.9. The third-order valence-corrected chi connectivity index (χ3v) is 8.25. The molecule has 2 aromatic heterocycles. The minimum absolute atomic E-state index is 0.0402. The highest BCUT2D eigenvalue weighted by molar-refractivity contribution is 7.89. The van der Waals surface area contributed by atoms with Gasteiger partial charge in [-0.2, -0.15) is 13.2 Å². The third kappa shape index (κ3) is 6.25. The number of aromatic nitrogens is 2. The Kier molecular flexibility index (Phi) is 8.13. The van der Waals surface area contributed by atoms with Gasteiger partial charge in [-0.1, -0.05) is 32.8 Å². The number of nitrogens with one attached hydrogen (secondary N) is 2. The Hall–Kier alpha value is -2.93. The van der Waals surface area contributed by atoms with Gasteiger partial charge >= 0.3 is 6.18 Å². The topological polar surface area (TPSA) is 136 Å². The molecule has 13 heteroatoms. The molecule has 9 nitrogen and oxygen atoms in total. The minimum Gasteiger partial charge on any atom is -0.481 e. The number of ether oxygens (including phenoxy) is 1. The van der Waals surface area contributed by atoms with Crippen molar-refractivity contribution in [2.24, 2.45) is 11.1 Å². The van der Waals surface area contributed by atoms with Crippen LogP contribution in [0.15, 0.2) is 35.5 Å². The van der Waals surface area contributed by atoms with Gasteiger partial charge in [-0.25, -0.2) is 23.1 Å². The summed E-state index contributed by atoms with van der Waals surface area (Å²) in [7, 11) is -3.39. The lowest BCUT2D eigenvalue weighted by atomic mass is 9.62. The van der Waals surface area contributed by atoms with Crippen molar-refractivity contribution in [2.75, 3.05) is 12.4 Å². The van der Waals surface area contributed by atoms with E-state index in [1.54, 1.807) is 0 Å². The highest BCUT2D eigenvalue weighted by Crippen LogP contribution is 2.48. The van der Waals surface area contributed by atoms with E-state index in [1.165, 1.54) is 25.4 Å². The van der Waals surface area contributed by atoms with Gasteiger partial charge in [0.25, 0.3) is 0 Å². The molecule has 0 saturated heterocycles. The molecule has 1 amide bonds. The van der Waals surface area contributed by atoms with Crippen LogP contribution < -0.4 is 20.5 Å². The SMILES string of the molecule is CCC1(CC)CC(Nc2cc(C(F)(F)F)c(S(=O)(=O)NC(CC(N)=O)c3ccc(OC)nc3)cn2)C1. The zero-order chi connectivity index (χ0) is 26.7. The van der Waals surface area contributed by atoms with Crippen LogP contribution in [-0.2, 0) is 21.0 Å².